The molecule has 1 aromatic carbocycles. The Kier molecular flexibility index (Phi) is 5.92. The van der Waals surface area contributed by atoms with Gasteiger partial charge in [-0.1, -0.05) is 19.3 Å². The Bertz CT molecular complexity index is 1070. The molecule has 8 heteroatoms. The highest BCUT2D eigenvalue weighted by molar-refractivity contribution is 5.79. The Hall–Kier alpha value is -3.16. The molecule has 1 aliphatic heterocycles. The summed E-state index contributed by atoms with van der Waals surface area (Å²) >= 11 is 0. The Labute approximate surface area is 188 Å². The van der Waals surface area contributed by atoms with Gasteiger partial charge in [-0.15, -0.1) is 15.3 Å². The minimum Gasteiger partial charge on any atom is -0.497 e. The predicted octanol–water partition coefficient (Wildman–Crippen LogP) is 3.47. The zero-order valence-corrected chi connectivity index (χ0v) is 18.5. The topological polar surface area (TPSA) is 84.7 Å². The van der Waals surface area contributed by atoms with Crippen LogP contribution in [0.4, 0.5) is 5.82 Å². The smallest absolute Gasteiger partial charge is 0.223 e. The molecule has 5 rings (SSSR count). The van der Waals surface area contributed by atoms with Crippen molar-refractivity contribution >= 4 is 17.4 Å². The maximum atomic E-state index is 12.7. The van der Waals surface area contributed by atoms with Crippen molar-refractivity contribution in [1.82, 2.24) is 25.1 Å². The molecule has 32 heavy (non-hydrogen) atoms. The first-order valence-corrected chi connectivity index (χ1v) is 11.6. The third kappa shape index (κ3) is 4.26. The number of methoxy groups -OCH3 is 1. The number of benzene rings is 1. The number of nitrogens with zero attached hydrogens (tertiary/aromatic N) is 5. The average molecular weight is 435 g/mol. The number of piperidine rings is 1. The maximum Gasteiger partial charge on any atom is 0.223 e. The summed E-state index contributed by atoms with van der Waals surface area (Å²) in [7, 11) is 1.65. The molecule has 2 fully saturated rings. The van der Waals surface area contributed by atoms with Crippen LogP contribution in [0, 0.1) is 5.92 Å². The van der Waals surface area contributed by atoms with Crippen molar-refractivity contribution in [2.45, 2.75) is 51.0 Å². The number of hydrogen-bond acceptors (Lipinski definition) is 6. The largest absolute Gasteiger partial charge is 0.497 e. The van der Waals surface area contributed by atoms with E-state index in [2.05, 4.69) is 20.4 Å². The standard InChI is InChI=1S/C24H30N6O2/c1-32-20-9-7-17(8-10-20)23-27-26-21-11-12-22(28-30(21)23)29-15-13-18(14-16-29)24(31)25-19-5-3-2-4-6-19/h7-12,18-19H,2-6,13-16H2,1H3,(H,25,31). The lowest BCUT2D eigenvalue weighted by Gasteiger charge is -2.33. The summed E-state index contributed by atoms with van der Waals surface area (Å²) < 4.78 is 7.04. The molecule has 0 atom stereocenters. The third-order valence-electron chi connectivity index (χ3n) is 6.74. The van der Waals surface area contributed by atoms with Gasteiger partial charge < -0.3 is 15.0 Å². The van der Waals surface area contributed by atoms with Gasteiger partial charge >= 0.3 is 0 Å². The molecule has 3 aromatic rings. The van der Waals surface area contributed by atoms with Crippen molar-refractivity contribution in [2.24, 2.45) is 5.92 Å². The number of ether oxygens (including phenoxy) is 1. The van der Waals surface area contributed by atoms with E-state index < -0.39 is 0 Å². The second kappa shape index (κ2) is 9.14. The maximum absolute atomic E-state index is 12.7. The number of nitrogens with one attached hydrogen (secondary N) is 1. The van der Waals surface area contributed by atoms with Crippen molar-refractivity contribution in [3.8, 4) is 17.1 Å². The molecule has 1 amide bonds. The first-order valence-electron chi connectivity index (χ1n) is 11.6. The second-order valence-electron chi connectivity index (χ2n) is 8.82. The second-order valence-corrected chi connectivity index (χ2v) is 8.82. The van der Waals surface area contributed by atoms with Gasteiger partial charge in [-0.25, -0.2) is 0 Å². The van der Waals surface area contributed by atoms with E-state index in [0.717, 1.165) is 55.9 Å². The fourth-order valence-corrected chi connectivity index (χ4v) is 4.80. The van der Waals surface area contributed by atoms with Gasteiger partial charge in [-0.3, -0.25) is 4.79 Å². The van der Waals surface area contributed by atoms with Crippen LogP contribution >= 0.6 is 0 Å². The van der Waals surface area contributed by atoms with Gasteiger partial charge in [0, 0.05) is 30.6 Å². The molecular weight excluding hydrogens is 404 g/mol. The van der Waals surface area contributed by atoms with Crippen molar-refractivity contribution in [3.63, 3.8) is 0 Å². The van der Waals surface area contributed by atoms with Crippen LogP contribution in [-0.4, -0.2) is 52.0 Å². The molecule has 1 saturated carbocycles. The van der Waals surface area contributed by atoms with E-state index in [-0.39, 0.29) is 11.8 Å². The number of carbonyl (C=O) groups excluding carboxylic acids is 1. The summed E-state index contributed by atoms with van der Waals surface area (Å²) in [6, 6.07) is 12.0. The molecule has 0 spiro atoms. The molecule has 168 valence electrons. The highest BCUT2D eigenvalue weighted by atomic mass is 16.5. The van der Waals surface area contributed by atoms with Crippen LogP contribution in [-0.2, 0) is 4.79 Å². The molecule has 3 heterocycles. The summed E-state index contributed by atoms with van der Waals surface area (Å²) in [6.07, 6.45) is 7.73. The molecule has 0 unspecified atom stereocenters. The van der Waals surface area contributed by atoms with Gasteiger partial charge in [0.05, 0.1) is 7.11 Å². The Morgan fingerprint density at radius 3 is 2.44 bits per heavy atom. The summed E-state index contributed by atoms with van der Waals surface area (Å²) in [5.41, 5.74) is 1.64. The molecule has 2 aliphatic rings. The zero-order valence-electron chi connectivity index (χ0n) is 18.5. The molecule has 8 nitrogen and oxygen atoms in total. The highest BCUT2D eigenvalue weighted by Crippen LogP contribution is 2.26. The van der Waals surface area contributed by atoms with Gasteiger partial charge in [0.25, 0.3) is 0 Å². The third-order valence-corrected chi connectivity index (χ3v) is 6.74. The van der Waals surface area contributed by atoms with Crippen LogP contribution in [0.15, 0.2) is 36.4 Å². The van der Waals surface area contributed by atoms with Crippen molar-refractivity contribution in [1.29, 1.82) is 0 Å². The number of fused-ring (bicyclic) bond motifs is 1. The minimum absolute atomic E-state index is 0.0988. The molecule has 2 aromatic heterocycles. The van der Waals surface area contributed by atoms with Crippen LogP contribution in [0.2, 0.25) is 0 Å². The van der Waals surface area contributed by atoms with Gasteiger partial charge in [-0.05, 0) is 62.1 Å². The number of aromatic nitrogens is 4. The number of rotatable bonds is 5. The van der Waals surface area contributed by atoms with Crippen molar-refractivity contribution in [3.05, 3.63) is 36.4 Å². The summed E-state index contributed by atoms with van der Waals surface area (Å²) in [5, 5.41) is 16.7. The van der Waals surface area contributed by atoms with E-state index in [1.165, 1.54) is 19.3 Å². The quantitative estimate of drug-likeness (QED) is 0.662. The van der Waals surface area contributed by atoms with E-state index in [4.69, 9.17) is 9.84 Å². The predicted molar refractivity (Wildman–Crippen MR) is 123 cm³/mol. The van der Waals surface area contributed by atoms with Gasteiger partial charge in [0.15, 0.2) is 11.5 Å². The Morgan fingerprint density at radius 1 is 0.969 bits per heavy atom. The van der Waals surface area contributed by atoms with E-state index in [9.17, 15) is 4.79 Å². The fourth-order valence-electron chi connectivity index (χ4n) is 4.80. The molecule has 0 bridgehead atoms. The van der Waals surface area contributed by atoms with Crippen LogP contribution in [0.5, 0.6) is 5.75 Å². The molecular formula is C24H30N6O2. The van der Waals surface area contributed by atoms with Crippen LogP contribution < -0.4 is 15.0 Å². The van der Waals surface area contributed by atoms with E-state index in [0.29, 0.717) is 17.5 Å². The highest BCUT2D eigenvalue weighted by Gasteiger charge is 2.28. The van der Waals surface area contributed by atoms with Gasteiger partial charge in [-0.2, -0.15) is 4.52 Å². The Morgan fingerprint density at radius 2 is 1.72 bits per heavy atom. The SMILES string of the molecule is COc1ccc(-c2nnc3ccc(N4CCC(C(=O)NC5CCCCC5)CC4)nn23)cc1. The van der Waals surface area contributed by atoms with Crippen LogP contribution in [0.1, 0.15) is 44.9 Å². The molecule has 1 saturated heterocycles. The summed E-state index contributed by atoms with van der Waals surface area (Å²) in [4.78, 5) is 15.0. The number of amides is 1. The average Bonchev–Trinajstić information content (AvgIpc) is 3.28. The molecule has 1 aliphatic carbocycles. The lowest BCUT2D eigenvalue weighted by atomic mass is 9.92. The zero-order chi connectivity index (χ0) is 21.9. The Balaban J connectivity index is 1.26. The lowest BCUT2D eigenvalue weighted by molar-refractivity contribution is -0.126. The number of hydrogen-bond donors (Lipinski definition) is 1. The fraction of sp³-hybridized carbons (Fsp3) is 0.500. The van der Waals surface area contributed by atoms with E-state index >= 15 is 0 Å². The summed E-state index contributed by atoms with van der Waals surface area (Å²) in [5.74, 6) is 2.72. The lowest BCUT2D eigenvalue weighted by Crippen LogP contribution is -2.44. The molecule has 1 N–H and O–H groups in total. The van der Waals surface area contributed by atoms with Gasteiger partial charge in [0.1, 0.15) is 11.6 Å². The minimum atomic E-state index is 0.0988. The van der Waals surface area contributed by atoms with Crippen LogP contribution in [0.3, 0.4) is 0 Å². The number of carbonyl (C=O) groups is 1. The molecule has 0 radical (unpaired) electrons. The van der Waals surface area contributed by atoms with Crippen molar-refractivity contribution in [2.75, 3.05) is 25.1 Å². The monoisotopic (exact) mass is 434 g/mol. The normalized spacial score (nSPS) is 18.1. The first kappa shape index (κ1) is 20.7. The summed E-state index contributed by atoms with van der Waals surface area (Å²) in [6.45, 7) is 1.64. The van der Waals surface area contributed by atoms with E-state index in [1.807, 2.05) is 36.4 Å². The van der Waals surface area contributed by atoms with Crippen LogP contribution in [0.25, 0.3) is 17.0 Å². The number of anilines is 1. The van der Waals surface area contributed by atoms with Gasteiger partial charge in [0.2, 0.25) is 5.91 Å². The van der Waals surface area contributed by atoms with Crippen molar-refractivity contribution < 1.29 is 9.53 Å². The first-order chi connectivity index (χ1) is 15.7. The van der Waals surface area contributed by atoms with E-state index in [1.54, 1.807) is 11.6 Å².